The maximum Gasteiger partial charge on any atom is 0.341 e. The highest BCUT2D eigenvalue weighted by Crippen LogP contribution is 2.36. The standard InChI is InChI=1S/C21H22N2O4/c1-4-26-18-12-8-9-14-19(23-16-10-6-7-11-17(16)25-3)15(13-22-20(14)18)21(24)27-5-2/h6-13H,4-5H2,1-3H3,(H,22,23). The highest BCUT2D eigenvalue weighted by Gasteiger charge is 2.19. The van der Waals surface area contributed by atoms with E-state index in [4.69, 9.17) is 14.2 Å². The summed E-state index contributed by atoms with van der Waals surface area (Å²) in [6, 6.07) is 13.1. The van der Waals surface area contributed by atoms with Gasteiger partial charge in [0.05, 0.1) is 31.7 Å². The molecule has 2 aromatic carbocycles. The summed E-state index contributed by atoms with van der Waals surface area (Å²) >= 11 is 0. The van der Waals surface area contributed by atoms with E-state index in [9.17, 15) is 4.79 Å². The van der Waals surface area contributed by atoms with E-state index < -0.39 is 5.97 Å². The van der Waals surface area contributed by atoms with Gasteiger partial charge in [-0.05, 0) is 32.0 Å². The summed E-state index contributed by atoms with van der Waals surface area (Å²) in [7, 11) is 1.60. The minimum Gasteiger partial charge on any atom is -0.495 e. The average Bonchev–Trinajstić information content (AvgIpc) is 2.69. The molecular formula is C21H22N2O4. The summed E-state index contributed by atoms with van der Waals surface area (Å²) in [5.74, 6) is 0.887. The van der Waals surface area contributed by atoms with Gasteiger partial charge in [-0.2, -0.15) is 0 Å². The summed E-state index contributed by atoms with van der Waals surface area (Å²) in [6.07, 6.45) is 1.51. The Morgan fingerprint density at radius 2 is 1.81 bits per heavy atom. The number of para-hydroxylation sites is 3. The number of methoxy groups -OCH3 is 1. The number of carbonyl (C=O) groups excluding carboxylic acids is 1. The lowest BCUT2D eigenvalue weighted by molar-refractivity contribution is 0.0527. The van der Waals surface area contributed by atoms with Crippen molar-refractivity contribution in [1.29, 1.82) is 0 Å². The molecule has 27 heavy (non-hydrogen) atoms. The first kappa shape index (κ1) is 18.5. The van der Waals surface area contributed by atoms with Crippen LogP contribution in [0.4, 0.5) is 11.4 Å². The third kappa shape index (κ3) is 3.79. The number of anilines is 2. The Labute approximate surface area is 158 Å². The number of pyridine rings is 1. The molecule has 0 aliphatic heterocycles. The summed E-state index contributed by atoms with van der Waals surface area (Å²) in [5.41, 5.74) is 2.36. The number of nitrogens with zero attached hydrogens (tertiary/aromatic N) is 1. The van der Waals surface area contributed by atoms with Crippen molar-refractivity contribution in [3.05, 3.63) is 54.2 Å². The molecule has 0 unspecified atom stereocenters. The van der Waals surface area contributed by atoms with Crippen LogP contribution in [-0.2, 0) is 4.74 Å². The van der Waals surface area contributed by atoms with Crippen LogP contribution in [0.2, 0.25) is 0 Å². The first-order valence-corrected chi connectivity index (χ1v) is 8.81. The zero-order valence-corrected chi connectivity index (χ0v) is 15.6. The van der Waals surface area contributed by atoms with Crippen LogP contribution in [0.5, 0.6) is 11.5 Å². The fraction of sp³-hybridized carbons (Fsp3) is 0.238. The van der Waals surface area contributed by atoms with Crippen molar-refractivity contribution >= 4 is 28.2 Å². The van der Waals surface area contributed by atoms with E-state index >= 15 is 0 Å². The van der Waals surface area contributed by atoms with Gasteiger partial charge in [0.25, 0.3) is 0 Å². The summed E-state index contributed by atoms with van der Waals surface area (Å²) in [5, 5.41) is 4.08. The molecule has 3 rings (SSSR count). The lowest BCUT2D eigenvalue weighted by Crippen LogP contribution is -2.10. The molecule has 0 aliphatic carbocycles. The van der Waals surface area contributed by atoms with Gasteiger partial charge >= 0.3 is 5.97 Å². The number of benzene rings is 2. The Kier molecular flexibility index (Phi) is 5.76. The van der Waals surface area contributed by atoms with Crippen molar-refractivity contribution in [1.82, 2.24) is 4.98 Å². The highest BCUT2D eigenvalue weighted by atomic mass is 16.5. The highest BCUT2D eigenvalue weighted by molar-refractivity contribution is 6.07. The van der Waals surface area contributed by atoms with Gasteiger partial charge in [-0.25, -0.2) is 4.79 Å². The average molecular weight is 366 g/mol. The SMILES string of the molecule is CCOC(=O)c1cnc2c(OCC)cccc2c1Nc1ccccc1OC. The molecule has 0 saturated carbocycles. The van der Waals surface area contributed by atoms with Crippen LogP contribution in [0.25, 0.3) is 10.9 Å². The lowest BCUT2D eigenvalue weighted by Gasteiger charge is -2.17. The summed E-state index contributed by atoms with van der Waals surface area (Å²) in [4.78, 5) is 17.0. The van der Waals surface area contributed by atoms with E-state index in [-0.39, 0.29) is 6.61 Å². The van der Waals surface area contributed by atoms with E-state index in [1.54, 1.807) is 14.0 Å². The number of hydrogen-bond acceptors (Lipinski definition) is 6. The Bertz CT molecular complexity index is 956. The Morgan fingerprint density at radius 3 is 2.56 bits per heavy atom. The largest absolute Gasteiger partial charge is 0.495 e. The molecule has 0 bridgehead atoms. The zero-order valence-electron chi connectivity index (χ0n) is 15.6. The van der Waals surface area contributed by atoms with E-state index in [2.05, 4.69) is 10.3 Å². The number of ether oxygens (including phenoxy) is 3. The molecule has 0 radical (unpaired) electrons. The van der Waals surface area contributed by atoms with Crippen LogP contribution < -0.4 is 14.8 Å². The Balaban J connectivity index is 2.20. The van der Waals surface area contributed by atoms with E-state index in [0.717, 1.165) is 11.1 Å². The molecule has 6 nitrogen and oxygen atoms in total. The van der Waals surface area contributed by atoms with E-state index in [1.165, 1.54) is 6.20 Å². The number of nitrogens with one attached hydrogen (secondary N) is 1. The Morgan fingerprint density at radius 1 is 1.04 bits per heavy atom. The van der Waals surface area contributed by atoms with Crippen LogP contribution in [0.3, 0.4) is 0 Å². The molecule has 1 N–H and O–H groups in total. The van der Waals surface area contributed by atoms with Crippen molar-refractivity contribution in [2.45, 2.75) is 13.8 Å². The van der Waals surface area contributed by atoms with Gasteiger partial charge in [-0.3, -0.25) is 4.98 Å². The van der Waals surface area contributed by atoms with Crippen molar-refractivity contribution in [2.75, 3.05) is 25.6 Å². The molecule has 0 fully saturated rings. The van der Waals surface area contributed by atoms with Gasteiger partial charge in [-0.1, -0.05) is 24.3 Å². The van der Waals surface area contributed by atoms with Gasteiger partial charge in [0.1, 0.15) is 22.6 Å². The molecule has 1 heterocycles. The third-order valence-electron chi connectivity index (χ3n) is 4.02. The fourth-order valence-corrected chi connectivity index (χ4v) is 2.85. The first-order valence-electron chi connectivity index (χ1n) is 8.81. The van der Waals surface area contributed by atoms with Crippen molar-refractivity contribution in [3.63, 3.8) is 0 Å². The molecule has 6 heteroatoms. The van der Waals surface area contributed by atoms with Gasteiger partial charge < -0.3 is 19.5 Å². The van der Waals surface area contributed by atoms with Crippen molar-refractivity contribution in [2.24, 2.45) is 0 Å². The monoisotopic (exact) mass is 366 g/mol. The molecule has 0 amide bonds. The predicted octanol–water partition coefficient (Wildman–Crippen LogP) is 4.56. The minimum absolute atomic E-state index is 0.282. The lowest BCUT2D eigenvalue weighted by atomic mass is 10.1. The molecule has 140 valence electrons. The molecular weight excluding hydrogens is 344 g/mol. The second-order valence-electron chi connectivity index (χ2n) is 5.68. The molecule has 1 aromatic heterocycles. The molecule has 3 aromatic rings. The molecule has 0 aliphatic rings. The maximum absolute atomic E-state index is 12.5. The van der Waals surface area contributed by atoms with Gasteiger partial charge in [0, 0.05) is 11.6 Å². The van der Waals surface area contributed by atoms with Crippen LogP contribution >= 0.6 is 0 Å². The van der Waals surface area contributed by atoms with Crippen molar-refractivity contribution in [3.8, 4) is 11.5 Å². The fourth-order valence-electron chi connectivity index (χ4n) is 2.85. The second-order valence-corrected chi connectivity index (χ2v) is 5.68. The van der Waals surface area contributed by atoms with Crippen molar-refractivity contribution < 1.29 is 19.0 Å². The normalized spacial score (nSPS) is 10.5. The molecule has 0 saturated heterocycles. The number of rotatable bonds is 7. The summed E-state index contributed by atoms with van der Waals surface area (Å²) < 4.78 is 16.3. The first-order chi connectivity index (χ1) is 13.2. The zero-order chi connectivity index (χ0) is 19.2. The van der Waals surface area contributed by atoms with Gasteiger partial charge in [0.2, 0.25) is 0 Å². The predicted molar refractivity (Wildman–Crippen MR) is 105 cm³/mol. The maximum atomic E-state index is 12.5. The van der Waals surface area contributed by atoms with Crippen LogP contribution in [0.15, 0.2) is 48.7 Å². The number of fused-ring (bicyclic) bond motifs is 1. The molecule has 0 spiro atoms. The Hall–Kier alpha value is -3.28. The quantitative estimate of drug-likeness (QED) is 0.618. The third-order valence-corrected chi connectivity index (χ3v) is 4.02. The van der Waals surface area contributed by atoms with Crippen LogP contribution in [0.1, 0.15) is 24.2 Å². The van der Waals surface area contributed by atoms with E-state index in [0.29, 0.717) is 34.9 Å². The number of aromatic nitrogens is 1. The smallest absolute Gasteiger partial charge is 0.341 e. The summed E-state index contributed by atoms with van der Waals surface area (Å²) in [6.45, 7) is 4.49. The topological polar surface area (TPSA) is 69.7 Å². The molecule has 0 atom stereocenters. The second kappa shape index (κ2) is 8.40. The number of hydrogen-bond donors (Lipinski definition) is 1. The van der Waals surface area contributed by atoms with Crippen LogP contribution in [-0.4, -0.2) is 31.3 Å². The minimum atomic E-state index is -0.439. The van der Waals surface area contributed by atoms with E-state index in [1.807, 2.05) is 49.4 Å². The number of esters is 1. The van der Waals surface area contributed by atoms with Gasteiger partial charge in [-0.15, -0.1) is 0 Å². The number of carbonyl (C=O) groups is 1. The van der Waals surface area contributed by atoms with Crippen LogP contribution in [0, 0.1) is 0 Å². The van der Waals surface area contributed by atoms with Gasteiger partial charge in [0.15, 0.2) is 0 Å².